The van der Waals surface area contributed by atoms with Crippen molar-refractivity contribution in [3.8, 4) is 0 Å². The van der Waals surface area contributed by atoms with Crippen LogP contribution in [0.2, 0.25) is 0 Å². The third kappa shape index (κ3) is 1.72. The van der Waals surface area contributed by atoms with Crippen LogP contribution in [0.3, 0.4) is 0 Å². The molecule has 0 saturated heterocycles. The maximum Gasteiger partial charge on any atom is 0.163 e. The van der Waals surface area contributed by atoms with Gasteiger partial charge < -0.3 is 10.2 Å². The Morgan fingerprint density at radius 1 is 0.800 bits per heavy atom. The highest BCUT2D eigenvalue weighted by Crippen LogP contribution is 2.40. The summed E-state index contributed by atoms with van der Waals surface area (Å²) in [6.45, 7) is 4.30. The lowest BCUT2D eigenvalue weighted by atomic mass is 9.90. The third-order valence-electron chi connectivity index (χ3n) is 4.30. The monoisotopic (exact) mass is 264 g/mol. The maximum atomic E-state index is 3.70. The van der Waals surface area contributed by atoms with Gasteiger partial charge in [-0.05, 0) is 13.8 Å². The SMILES string of the molecule is CC1=C(C)N(C)C(c2ccccc2)(c2ccccc2)N1. The van der Waals surface area contributed by atoms with Crippen LogP contribution in [0.1, 0.15) is 25.0 Å². The number of hydrogen-bond donors (Lipinski definition) is 1. The largest absolute Gasteiger partial charge is 0.357 e. The highest BCUT2D eigenvalue weighted by Gasteiger charge is 2.43. The van der Waals surface area contributed by atoms with Gasteiger partial charge in [-0.3, -0.25) is 0 Å². The molecule has 1 aliphatic rings. The zero-order valence-electron chi connectivity index (χ0n) is 12.2. The van der Waals surface area contributed by atoms with E-state index in [0.29, 0.717) is 0 Å². The van der Waals surface area contributed by atoms with Gasteiger partial charge in [-0.25, -0.2) is 0 Å². The van der Waals surface area contributed by atoms with E-state index in [0.717, 1.165) is 0 Å². The molecule has 0 radical (unpaired) electrons. The highest BCUT2D eigenvalue weighted by atomic mass is 15.4. The Balaban J connectivity index is 2.21. The first kappa shape index (κ1) is 12.8. The molecule has 0 spiro atoms. The van der Waals surface area contributed by atoms with Gasteiger partial charge in [-0.1, -0.05) is 60.7 Å². The van der Waals surface area contributed by atoms with E-state index < -0.39 is 0 Å². The van der Waals surface area contributed by atoms with Crippen molar-refractivity contribution >= 4 is 0 Å². The summed E-state index contributed by atoms with van der Waals surface area (Å²) in [6, 6.07) is 21.2. The van der Waals surface area contributed by atoms with E-state index in [1.54, 1.807) is 0 Å². The molecule has 2 nitrogen and oxygen atoms in total. The van der Waals surface area contributed by atoms with Crippen molar-refractivity contribution in [1.82, 2.24) is 10.2 Å². The topological polar surface area (TPSA) is 15.3 Å². The molecule has 0 saturated carbocycles. The fourth-order valence-corrected chi connectivity index (χ4v) is 3.01. The molecule has 3 rings (SSSR count). The Kier molecular flexibility index (Phi) is 3.01. The first-order valence-electron chi connectivity index (χ1n) is 6.97. The van der Waals surface area contributed by atoms with E-state index >= 15 is 0 Å². The summed E-state index contributed by atoms with van der Waals surface area (Å²) < 4.78 is 0. The maximum absolute atomic E-state index is 3.70. The minimum absolute atomic E-state index is 0.309. The summed E-state index contributed by atoms with van der Waals surface area (Å²) in [5.74, 6) is 0. The first-order valence-corrected chi connectivity index (χ1v) is 6.97. The van der Waals surface area contributed by atoms with Crippen molar-refractivity contribution in [3.05, 3.63) is 83.2 Å². The molecule has 1 N–H and O–H groups in total. The standard InChI is InChI=1S/C18H20N2/c1-14-15(2)20(3)18(19-14,16-10-6-4-7-11-16)17-12-8-5-9-13-17/h4-13,19H,1-3H3. The fourth-order valence-electron chi connectivity index (χ4n) is 3.01. The second-order valence-corrected chi connectivity index (χ2v) is 5.34. The smallest absolute Gasteiger partial charge is 0.163 e. The number of nitrogens with one attached hydrogen (secondary N) is 1. The van der Waals surface area contributed by atoms with Crippen LogP contribution in [-0.4, -0.2) is 11.9 Å². The molecule has 0 fully saturated rings. The first-order chi connectivity index (χ1) is 9.66. The Hall–Kier alpha value is -2.22. The number of hydrogen-bond acceptors (Lipinski definition) is 2. The van der Waals surface area contributed by atoms with E-state index in [1.807, 2.05) is 0 Å². The quantitative estimate of drug-likeness (QED) is 0.890. The number of nitrogens with zero attached hydrogens (tertiary/aromatic N) is 1. The van der Waals surface area contributed by atoms with Crippen molar-refractivity contribution in [2.45, 2.75) is 19.5 Å². The lowest BCUT2D eigenvalue weighted by molar-refractivity contribution is 0.211. The van der Waals surface area contributed by atoms with Gasteiger partial charge in [0.25, 0.3) is 0 Å². The lowest BCUT2D eigenvalue weighted by Gasteiger charge is -2.40. The average molecular weight is 264 g/mol. The molecule has 1 heterocycles. The van der Waals surface area contributed by atoms with Gasteiger partial charge in [0.05, 0.1) is 0 Å². The molecule has 1 aliphatic heterocycles. The van der Waals surface area contributed by atoms with Gasteiger partial charge in [0.1, 0.15) is 0 Å². The van der Waals surface area contributed by atoms with Crippen molar-refractivity contribution in [2.75, 3.05) is 7.05 Å². The van der Waals surface area contributed by atoms with Crippen molar-refractivity contribution in [2.24, 2.45) is 0 Å². The van der Waals surface area contributed by atoms with Crippen LogP contribution in [0.5, 0.6) is 0 Å². The fraction of sp³-hybridized carbons (Fsp3) is 0.222. The molecule has 2 heteroatoms. The Labute approximate surface area is 120 Å². The van der Waals surface area contributed by atoms with Crippen molar-refractivity contribution in [3.63, 3.8) is 0 Å². The second kappa shape index (κ2) is 4.71. The minimum atomic E-state index is -0.309. The second-order valence-electron chi connectivity index (χ2n) is 5.34. The highest BCUT2D eigenvalue weighted by molar-refractivity contribution is 5.43. The summed E-state index contributed by atoms with van der Waals surface area (Å²) >= 11 is 0. The average Bonchev–Trinajstić information content (AvgIpc) is 2.74. The Morgan fingerprint density at radius 2 is 1.25 bits per heavy atom. The zero-order chi connectivity index (χ0) is 14.2. The van der Waals surface area contributed by atoms with Crippen LogP contribution in [0.25, 0.3) is 0 Å². The van der Waals surface area contributed by atoms with Crippen LogP contribution >= 0.6 is 0 Å². The van der Waals surface area contributed by atoms with Crippen LogP contribution in [-0.2, 0) is 5.66 Å². The van der Waals surface area contributed by atoms with Crippen LogP contribution in [0, 0.1) is 0 Å². The summed E-state index contributed by atoms with van der Waals surface area (Å²) in [5.41, 5.74) is 4.70. The summed E-state index contributed by atoms with van der Waals surface area (Å²) in [4.78, 5) is 2.33. The molecular formula is C18H20N2. The number of rotatable bonds is 2. The number of allylic oxidation sites excluding steroid dienone is 2. The molecule has 0 aliphatic carbocycles. The van der Waals surface area contributed by atoms with E-state index in [4.69, 9.17) is 0 Å². The van der Waals surface area contributed by atoms with Gasteiger partial charge in [-0.15, -0.1) is 0 Å². The Morgan fingerprint density at radius 3 is 1.60 bits per heavy atom. The summed E-state index contributed by atoms with van der Waals surface area (Å²) in [6.07, 6.45) is 0. The Bertz CT molecular complexity index is 589. The van der Waals surface area contributed by atoms with E-state index in [-0.39, 0.29) is 5.66 Å². The molecule has 102 valence electrons. The molecule has 0 aromatic heterocycles. The molecule has 0 bridgehead atoms. The predicted octanol–water partition coefficient (Wildman–Crippen LogP) is 3.67. The van der Waals surface area contributed by atoms with Gasteiger partial charge in [0, 0.05) is 29.6 Å². The van der Waals surface area contributed by atoms with E-state index in [9.17, 15) is 0 Å². The van der Waals surface area contributed by atoms with Gasteiger partial charge in [0.15, 0.2) is 5.66 Å². The van der Waals surface area contributed by atoms with Crippen molar-refractivity contribution < 1.29 is 0 Å². The molecule has 2 aromatic carbocycles. The molecule has 0 atom stereocenters. The summed E-state index contributed by atoms with van der Waals surface area (Å²) in [5, 5.41) is 3.70. The molecule has 2 aromatic rings. The van der Waals surface area contributed by atoms with Gasteiger partial charge in [-0.2, -0.15) is 0 Å². The molecule has 20 heavy (non-hydrogen) atoms. The van der Waals surface area contributed by atoms with Gasteiger partial charge >= 0.3 is 0 Å². The van der Waals surface area contributed by atoms with Crippen molar-refractivity contribution in [1.29, 1.82) is 0 Å². The molecular weight excluding hydrogens is 244 g/mol. The zero-order valence-corrected chi connectivity index (χ0v) is 12.2. The normalized spacial score (nSPS) is 17.2. The summed E-state index contributed by atoms with van der Waals surface area (Å²) in [7, 11) is 2.15. The van der Waals surface area contributed by atoms with E-state index in [2.05, 4.69) is 91.8 Å². The minimum Gasteiger partial charge on any atom is -0.357 e. The molecule has 0 unspecified atom stereocenters. The van der Waals surface area contributed by atoms with Gasteiger partial charge in [0.2, 0.25) is 0 Å². The van der Waals surface area contributed by atoms with Crippen LogP contribution in [0.4, 0.5) is 0 Å². The lowest BCUT2D eigenvalue weighted by Crippen LogP contribution is -2.48. The molecule has 0 amide bonds. The number of benzene rings is 2. The predicted molar refractivity (Wildman–Crippen MR) is 82.9 cm³/mol. The third-order valence-corrected chi connectivity index (χ3v) is 4.30. The van der Waals surface area contributed by atoms with Crippen LogP contribution in [0.15, 0.2) is 72.1 Å². The van der Waals surface area contributed by atoms with E-state index in [1.165, 1.54) is 22.5 Å². The van der Waals surface area contributed by atoms with Crippen LogP contribution < -0.4 is 5.32 Å².